The molecule has 0 aromatic heterocycles. The molecule has 0 N–H and O–H groups in total. The van der Waals surface area contributed by atoms with E-state index in [9.17, 15) is 0 Å². The number of halogens is 1. The fourth-order valence-corrected chi connectivity index (χ4v) is 2.15. The second-order valence-corrected chi connectivity index (χ2v) is 5.05. The minimum absolute atomic E-state index is 0.707. The molecule has 1 aliphatic rings. The maximum Gasteiger partial charge on any atom is 0.0299 e. The molecule has 0 saturated carbocycles. The molecule has 66 valence electrons. The Morgan fingerprint density at radius 2 is 2.09 bits per heavy atom. The van der Waals surface area contributed by atoms with E-state index < -0.39 is 0 Å². The van der Waals surface area contributed by atoms with Crippen LogP contribution in [0.5, 0.6) is 0 Å². The van der Waals surface area contributed by atoms with Crippen LogP contribution in [0.2, 0.25) is 0 Å². The molecule has 1 aliphatic heterocycles. The molecule has 0 aromatic rings. The third-order valence-electron chi connectivity index (χ3n) is 2.63. The average Bonchev–Trinajstić information content (AvgIpc) is 1.94. The number of hydrogen-bond donors (Lipinski definition) is 0. The van der Waals surface area contributed by atoms with Gasteiger partial charge >= 0.3 is 0 Å². The summed E-state index contributed by atoms with van der Waals surface area (Å²) in [7, 11) is 0. The van der Waals surface area contributed by atoms with Crippen molar-refractivity contribution in [2.45, 2.75) is 38.1 Å². The molecule has 2 atom stereocenters. The van der Waals surface area contributed by atoms with E-state index in [1.54, 1.807) is 0 Å². The van der Waals surface area contributed by atoms with E-state index in [4.69, 9.17) is 0 Å². The summed E-state index contributed by atoms with van der Waals surface area (Å²) in [6, 6.07) is 0.711. The number of rotatable bonds is 1. The number of nitrogens with zero attached hydrogens (tertiary/aromatic N) is 1. The fraction of sp³-hybridized carbons (Fsp3) is 1.00. The summed E-state index contributed by atoms with van der Waals surface area (Å²) >= 11 is 3.72. The van der Waals surface area contributed by atoms with Gasteiger partial charge in [0.2, 0.25) is 0 Å². The van der Waals surface area contributed by atoms with E-state index >= 15 is 0 Å². The van der Waals surface area contributed by atoms with Gasteiger partial charge in [0, 0.05) is 17.4 Å². The molecule has 1 nitrogen and oxygen atoms in total. The third kappa shape index (κ3) is 2.45. The van der Waals surface area contributed by atoms with E-state index in [1.807, 2.05) is 0 Å². The Labute approximate surface area is 78.3 Å². The molecule has 1 fully saturated rings. The van der Waals surface area contributed by atoms with Gasteiger partial charge in [-0.1, -0.05) is 22.9 Å². The average molecular weight is 220 g/mol. The first-order valence-electron chi connectivity index (χ1n) is 4.49. The Hall–Kier alpha value is 0.440. The molecule has 0 radical (unpaired) electrons. The highest BCUT2D eigenvalue weighted by atomic mass is 79.9. The minimum atomic E-state index is 0.707. The minimum Gasteiger partial charge on any atom is -0.300 e. The van der Waals surface area contributed by atoms with Crippen molar-refractivity contribution < 1.29 is 0 Å². The van der Waals surface area contributed by atoms with E-state index in [0.717, 1.165) is 5.92 Å². The van der Waals surface area contributed by atoms with Crippen LogP contribution in [0.4, 0.5) is 0 Å². The molecular weight excluding hydrogens is 202 g/mol. The smallest absolute Gasteiger partial charge is 0.0299 e. The van der Waals surface area contributed by atoms with Crippen molar-refractivity contribution in [3.63, 3.8) is 0 Å². The van der Waals surface area contributed by atoms with Crippen LogP contribution >= 0.6 is 15.9 Å². The Kier molecular flexibility index (Phi) is 3.38. The van der Waals surface area contributed by atoms with Gasteiger partial charge in [0.05, 0.1) is 0 Å². The lowest BCUT2D eigenvalue weighted by Crippen LogP contribution is -2.43. The van der Waals surface area contributed by atoms with Crippen molar-refractivity contribution in [3.8, 4) is 0 Å². The van der Waals surface area contributed by atoms with Crippen molar-refractivity contribution in [2.75, 3.05) is 13.1 Å². The summed E-state index contributed by atoms with van der Waals surface area (Å²) in [5.74, 6) is 0.852. The standard InChI is InChI=1S/C9H18BrN/c1-7(2)11-5-4-8(3)9(10)6-11/h7-9H,4-6H2,1-3H3. The van der Waals surface area contributed by atoms with E-state index in [1.165, 1.54) is 19.5 Å². The van der Waals surface area contributed by atoms with Crippen LogP contribution in [0.25, 0.3) is 0 Å². The van der Waals surface area contributed by atoms with Gasteiger partial charge in [0.15, 0.2) is 0 Å². The monoisotopic (exact) mass is 219 g/mol. The molecule has 0 spiro atoms. The summed E-state index contributed by atoms with van der Waals surface area (Å²) in [5.41, 5.74) is 0. The lowest BCUT2D eigenvalue weighted by atomic mass is 9.98. The van der Waals surface area contributed by atoms with Crippen LogP contribution in [-0.2, 0) is 0 Å². The molecule has 2 unspecified atom stereocenters. The summed E-state index contributed by atoms with van der Waals surface area (Å²) in [6.45, 7) is 9.38. The molecule has 0 amide bonds. The summed E-state index contributed by atoms with van der Waals surface area (Å²) in [5, 5.41) is 0. The number of alkyl halides is 1. The second-order valence-electron chi connectivity index (χ2n) is 3.87. The van der Waals surface area contributed by atoms with E-state index in [0.29, 0.717) is 10.9 Å². The van der Waals surface area contributed by atoms with Gasteiger partial charge in [-0.15, -0.1) is 0 Å². The SMILES string of the molecule is CC1CCN(C(C)C)CC1Br. The predicted molar refractivity (Wildman–Crippen MR) is 53.2 cm³/mol. The zero-order chi connectivity index (χ0) is 8.43. The lowest BCUT2D eigenvalue weighted by molar-refractivity contribution is 0.163. The maximum absolute atomic E-state index is 3.72. The zero-order valence-electron chi connectivity index (χ0n) is 7.68. The maximum atomic E-state index is 3.72. The van der Waals surface area contributed by atoms with Gasteiger partial charge in [-0.25, -0.2) is 0 Å². The lowest BCUT2D eigenvalue weighted by Gasteiger charge is -2.36. The van der Waals surface area contributed by atoms with Crippen LogP contribution in [-0.4, -0.2) is 28.9 Å². The van der Waals surface area contributed by atoms with E-state index in [2.05, 4.69) is 41.6 Å². The van der Waals surface area contributed by atoms with Gasteiger partial charge in [-0.05, 0) is 32.7 Å². The van der Waals surface area contributed by atoms with Gasteiger partial charge in [-0.2, -0.15) is 0 Å². The summed E-state index contributed by atoms with van der Waals surface area (Å²) in [6.07, 6.45) is 1.34. The van der Waals surface area contributed by atoms with E-state index in [-0.39, 0.29) is 0 Å². The van der Waals surface area contributed by atoms with Crippen molar-refractivity contribution in [3.05, 3.63) is 0 Å². The van der Waals surface area contributed by atoms with Crippen LogP contribution < -0.4 is 0 Å². The largest absolute Gasteiger partial charge is 0.300 e. The van der Waals surface area contributed by atoms with Crippen molar-refractivity contribution in [1.29, 1.82) is 0 Å². The second kappa shape index (κ2) is 3.90. The Morgan fingerprint density at radius 3 is 2.55 bits per heavy atom. The molecule has 0 aliphatic carbocycles. The van der Waals surface area contributed by atoms with Gasteiger partial charge in [-0.3, -0.25) is 4.90 Å². The molecule has 0 aromatic carbocycles. The third-order valence-corrected chi connectivity index (χ3v) is 3.82. The first-order chi connectivity index (χ1) is 5.11. The predicted octanol–water partition coefficient (Wildman–Crippen LogP) is 2.50. The summed E-state index contributed by atoms with van der Waals surface area (Å²) < 4.78 is 0. The van der Waals surface area contributed by atoms with Crippen LogP contribution in [0.1, 0.15) is 27.2 Å². The summed E-state index contributed by atoms with van der Waals surface area (Å²) in [4.78, 5) is 3.25. The molecule has 0 bridgehead atoms. The van der Waals surface area contributed by atoms with Crippen molar-refractivity contribution in [1.82, 2.24) is 4.90 Å². The highest BCUT2D eigenvalue weighted by Crippen LogP contribution is 2.24. The highest BCUT2D eigenvalue weighted by Gasteiger charge is 2.24. The topological polar surface area (TPSA) is 3.24 Å². The zero-order valence-corrected chi connectivity index (χ0v) is 9.26. The van der Waals surface area contributed by atoms with Gasteiger partial charge in [0.25, 0.3) is 0 Å². The molecule has 11 heavy (non-hydrogen) atoms. The Bertz CT molecular complexity index is 125. The first kappa shape index (κ1) is 9.53. The highest BCUT2D eigenvalue weighted by molar-refractivity contribution is 9.09. The number of likely N-dealkylation sites (tertiary alicyclic amines) is 1. The fourth-order valence-electron chi connectivity index (χ4n) is 1.51. The molecule has 1 saturated heterocycles. The van der Waals surface area contributed by atoms with Crippen molar-refractivity contribution in [2.24, 2.45) is 5.92 Å². The number of hydrogen-bond acceptors (Lipinski definition) is 1. The van der Waals surface area contributed by atoms with Crippen molar-refractivity contribution >= 4 is 15.9 Å². The van der Waals surface area contributed by atoms with Crippen LogP contribution in [0.15, 0.2) is 0 Å². The molecule has 2 heteroatoms. The van der Waals surface area contributed by atoms with Crippen LogP contribution in [0, 0.1) is 5.92 Å². The van der Waals surface area contributed by atoms with Gasteiger partial charge in [0.1, 0.15) is 0 Å². The van der Waals surface area contributed by atoms with Crippen LogP contribution in [0.3, 0.4) is 0 Å². The van der Waals surface area contributed by atoms with Gasteiger partial charge < -0.3 is 0 Å². The Balaban J connectivity index is 2.40. The molecule has 1 rings (SSSR count). The number of piperidine rings is 1. The molecular formula is C9H18BrN. The molecule has 1 heterocycles. The quantitative estimate of drug-likeness (QED) is 0.613. The first-order valence-corrected chi connectivity index (χ1v) is 5.41. The normalized spacial score (nSPS) is 34.6. The Morgan fingerprint density at radius 1 is 1.45 bits per heavy atom.